The van der Waals surface area contributed by atoms with Gasteiger partial charge in [0.2, 0.25) is 0 Å². The lowest BCUT2D eigenvalue weighted by atomic mass is 10.2. The maximum atomic E-state index is 11.0. The average Bonchev–Trinajstić information content (AvgIpc) is 2.11. The van der Waals surface area contributed by atoms with E-state index < -0.39 is 6.03 Å². The number of hydrogen-bond donors (Lipinski definition) is 2. The molecule has 0 saturated heterocycles. The van der Waals surface area contributed by atoms with Gasteiger partial charge in [-0.15, -0.1) is 0 Å². The van der Waals surface area contributed by atoms with Gasteiger partial charge < -0.3 is 5.73 Å². The van der Waals surface area contributed by atoms with Crippen LogP contribution in [0.2, 0.25) is 0 Å². The molecule has 13 heavy (non-hydrogen) atoms. The van der Waals surface area contributed by atoms with Crippen LogP contribution >= 0.6 is 0 Å². The van der Waals surface area contributed by atoms with E-state index in [-0.39, 0.29) is 12.1 Å². The number of hydrogen-bond acceptors (Lipinski definition) is 2. The van der Waals surface area contributed by atoms with Gasteiger partial charge in [0.1, 0.15) is 0 Å². The van der Waals surface area contributed by atoms with Crippen molar-refractivity contribution in [2.75, 3.05) is 0 Å². The first kappa shape index (κ1) is 12.2. The van der Waals surface area contributed by atoms with Crippen molar-refractivity contribution in [2.45, 2.75) is 52.6 Å². The fourth-order valence-electron chi connectivity index (χ4n) is 0.919. The molecule has 78 valence electrons. The monoisotopic (exact) mass is 187 g/mol. The molecular formula is C9H21N3O. The van der Waals surface area contributed by atoms with Crippen LogP contribution in [0, 0.1) is 0 Å². The zero-order chi connectivity index (χ0) is 10.4. The van der Waals surface area contributed by atoms with Crippen molar-refractivity contribution in [1.29, 1.82) is 0 Å². The molecule has 0 bridgehead atoms. The number of amides is 2. The van der Waals surface area contributed by atoms with Gasteiger partial charge in [-0.1, -0.05) is 13.8 Å². The van der Waals surface area contributed by atoms with Gasteiger partial charge in [0.05, 0.1) is 0 Å². The normalized spacial score (nSPS) is 15.1. The predicted molar refractivity (Wildman–Crippen MR) is 54.1 cm³/mol. The van der Waals surface area contributed by atoms with E-state index in [0.717, 1.165) is 12.8 Å². The molecule has 0 saturated carbocycles. The first-order valence-corrected chi connectivity index (χ1v) is 4.87. The Kier molecular flexibility index (Phi) is 5.46. The van der Waals surface area contributed by atoms with E-state index in [0.29, 0.717) is 0 Å². The fourth-order valence-corrected chi connectivity index (χ4v) is 0.919. The number of nitrogens with two attached hydrogens (primary N) is 1. The van der Waals surface area contributed by atoms with Gasteiger partial charge in [-0.25, -0.2) is 10.2 Å². The number of carbonyl (C=O) groups excluding carboxylic acids is 1. The first-order chi connectivity index (χ1) is 6.02. The summed E-state index contributed by atoms with van der Waals surface area (Å²) < 4.78 is 0. The predicted octanol–water partition coefficient (Wildman–Crippen LogP) is 1.47. The van der Waals surface area contributed by atoms with E-state index in [9.17, 15) is 4.79 Å². The highest BCUT2D eigenvalue weighted by Crippen LogP contribution is 2.01. The van der Waals surface area contributed by atoms with Crippen LogP contribution in [0.15, 0.2) is 0 Å². The number of rotatable bonds is 5. The molecule has 0 aliphatic rings. The van der Waals surface area contributed by atoms with E-state index >= 15 is 0 Å². The third kappa shape index (κ3) is 4.12. The van der Waals surface area contributed by atoms with Crippen molar-refractivity contribution in [3.63, 3.8) is 0 Å². The number of nitrogens with zero attached hydrogens (tertiary/aromatic N) is 1. The molecule has 0 aliphatic carbocycles. The number of hydrazine groups is 1. The summed E-state index contributed by atoms with van der Waals surface area (Å²) in [5, 5.41) is 1.51. The number of nitrogens with one attached hydrogen (secondary N) is 1. The second-order valence-electron chi connectivity index (χ2n) is 3.40. The van der Waals surface area contributed by atoms with E-state index in [1.807, 2.05) is 20.8 Å². The number of urea groups is 1. The summed E-state index contributed by atoms with van der Waals surface area (Å²) in [4.78, 5) is 11.0. The summed E-state index contributed by atoms with van der Waals surface area (Å²) in [5.41, 5.74) is 8.32. The molecule has 0 unspecified atom stereocenters. The van der Waals surface area contributed by atoms with E-state index in [4.69, 9.17) is 5.73 Å². The van der Waals surface area contributed by atoms with E-state index in [1.54, 1.807) is 0 Å². The lowest BCUT2D eigenvalue weighted by Crippen LogP contribution is -2.53. The van der Waals surface area contributed by atoms with Crippen LogP contribution in [0.3, 0.4) is 0 Å². The maximum absolute atomic E-state index is 11.0. The van der Waals surface area contributed by atoms with Crippen LogP contribution in [0.1, 0.15) is 40.5 Å². The molecule has 4 heteroatoms. The summed E-state index contributed by atoms with van der Waals surface area (Å²) in [5.74, 6) is 0. The van der Waals surface area contributed by atoms with Gasteiger partial charge >= 0.3 is 6.03 Å². The fraction of sp³-hybridized carbons (Fsp3) is 0.889. The summed E-state index contributed by atoms with van der Waals surface area (Å²) in [6.45, 7) is 8.09. The van der Waals surface area contributed by atoms with Gasteiger partial charge in [0, 0.05) is 12.1 Å². The Morgan fingerprint density at radius 1 is 1.38 bits per heavy atom. The van der Waals surface area contributed by atoms with Crippen molar-refractivity contribution < 1.29 is 4.79 Å². The van der Waals surface area contributed by atoms with Crippen LogP contribution < -0.4 is 11.2 Å². The van der Waals surface area contributed by atoms with Crippen molar-refractivity contribution >= 4 is 6.03 Å². The van der Waals surface area contributed by atoms with Gasteiger partial charge in [-0.05, 0) is 26.7 Å². The Hall–Kier alpha value is -0.770. The minimum atomic E-state index is -0.408. The highest BCUT2D eigenvalue weighted by Gasteiger charge is 2.17. The van der Waals surface area contributed by atoms with Gasteiger partial charge in [0.15, 0.2) is 0 Å². The third-order valence-electron chi connectivity index (χ3n) is 2.24. The Labute approximate surface area is 80.4 Å². The molecule has 4 nitrogen and oxygen atoms in total. The quantitative estimate of drug-likeness (QED) is 0.640. The second-order valence-corrected chi connectivity index (χ2v) is 3.40. The SMILES string of the molecule is CC[C@H](C)NN(C(N)=O)[C@@H](C)CC. The molecule has 2 amide bonds. The minimum absolute atomic E-state index is 0.145. The summed E-state index contributed by atoms with van der Waals surface area (Å²) in [6, 6.07) is 0.0163. The molecular weight excluding hydrogens is 166 g/mol. The zero-order valence-electron chi connectivity index (χ0n) is 9.00. The molecule has 0 heterocycles. The Morgan fingerprint density at radius 2 is 1.92 bits per heavy atom. The molecule has 0 aromatic heterocycles. The Bertz CT molecular complexity index is 161. The molecule has 0 radical (unpaired) electrons. The standard InChI is InChI=1S/C9H21N3O/c1-5-7(3)11-12(9(10)13)8(4)6-2/h7-8,11H,5-6H2,1-4H3,(H2,10,13)/t7-,8-/m0/s1. The summed E-state index contributed by atoms with van der Waals surface area (Å²) in [7, 11) is 0. The largest absolute Gasteiger partial charge is 0.350 e. The first-order valence-electron chi connectivity index (χ1n) is 4.87. The summed E-state index contributed by atoms with van der Waals surface area (Å²) in [6.07, 6.45) is 1.87. The molecule has 0 fully saturated rings. The van der Waals surface area contributed by atoms with E-state index in [1.165, 1.54) is 5.01 Å². The Morgan fingerprint density at radius 3 is 2.23 bits per heavy atom. The van der Waals surface area contributed by atoms with Gasteiger partial charge in [-0.3, -0.25) is 5.01 Å². The maximum Gasteiger partial charge on any atom is 0.329 e. The van der Waals surface area contributed by atoms with Crippen LogP contribution in [0.25, 0.3) is 0 Å². The Balaban J connectivity index is 4.17. The molecule has 0 aromatic carbocycles. The van der Waals surface area contributed by atoms with Crippen LogP contribution in [-0.4, -0.2) is 23.1 Å². The smallest absolute Gasteiger partial charge is 0.329 e. The lowest BCUT2D eigenvalue weighted by Gasteiger charge is -2.29. The van der Waals surface area contributed by atoms with E-state index in [2.05, 4.69) is 12.3 Å². The van der Waals surface area contributed by atoms with Crippen molar-refractivity contribution in [2.24, 2.45) is 5.73 Å². The van der Waals surface area contributed by atoms with Crippen molar-refractivity contribution in [1.82, 2.24) is 10.4 Å². The highest BCUT2D eigenvalue weighted by atomic mass is 16.2. The lowest BCUT2D eigenvalue weighted by molar-refractivity contribution is 0.134. The van der Waals surface area contributed by atoms with Crippen LogP contribution in [-0.2, 0) is 0 Å². The highest BCUT2D eigenvalue weighted by molar-refractivity contribution is 5.71. The van der Waals surface area contributed by atoms with Crippen LogP contribution in [0.5, 0.6) is 0 Å². The van der Waals surface area contributed by atoms with Crippen molar-refractivity contribution in [3.8, 4) is 0 Å². The summed E-state index contributed by atoms with van der Waals surface area (Å²) >= 11 is 0. The molecule has 3 N–H and O–H groups in total. The second kappa shape index (κ2) is 5.80. The molecule has 0 spiro atoms. The molecule has 0 aromatic rings. The number of carbonyl (C=O) groups is 1. The third-order valence-corrected chi connectivity index (χ3v) is 2.24. The molecule has 0 rings (SSSR count). The number of primary amides is 1. The zero-order valence-corrected chi connectivity index (χ0v) is 9.00. The topological polar surface area (TPSA) is 58.4 Å². The molecule has 0 aliphatic heterocycles. The van der Waals surface area contributed by atoms with Crippen LogP contribution in [0.4, 0.5) is 4.79 Å². The van der Waals surface area contributed by atoms with Gasteiger partial charge in [0.25, 0.3) is 0 Å². The minimum Gasteiger partial charge on any atom is -0.350 e. The van der Waals surface area contributed by atoms with Crippen molar-refractivity contribution in [3.05, 3.63) is 0 Å². The average molecular weight is 187 g/mol. The van der Waals surface area contributed by atoms with Gasteiger partial charge in [-0.2, -0.15) is 0 Å². The molecule has 2 atom stereocenters.